The number of likely N-dealkylation sites (tertiary alicyclic amines) is 1. The van der Waals surface area contributed by atoms with E-state index in [9.17, 15) is 4.79 Å². The molecule has 2 heterocycles. The zero-order chi connectivity index (χ0) is 28.5. The highest BCUT2D eigenvalue weighted by molar-refractivity contribution is 5.74. The molecule has 0 aromatic rings. The molecule has 0 aliphatic carbocycles. The first-order chi connectivity index (χ1) is 19.7. The fourth-order valence-corrected chi connectivity index (χ4v) is 6.42. The van der Waals surface area contributed by atoms with Crippen molar-refractivity contribution in [2.75, 3.05) is 66.1 Å². The molecular formula is C34H68N4O2. The third-order valence-electron chi connectivity index (χ3n) is 9.13. The topological polar surface area (TPSA) is 48.1 Å². The molecule has 2 saturated heterocycles. The first-order valence-electron chi connectivity index (χ1n) is 17.7. The van der Waals surface area contributed by atoms with E-state index in [0.717, 1.165) is 84.7 Å². The average Bonchev–Trinajstić information content (AvgIpc) is 2.98. The average molecular weight is 565 g/mol. The van der Waals surface area contributed by atoms with Gasteiger partial charge >= 0.3 is 6.03 Å². The first-order valence-corrected chi connectivity index (χ1v) is 17.7. The summed E-state index contributed by atoms with van der Waals surface area (Å²) in [5, 5.41) is 3.67. The van der Waals surface area contributed by atoms with E-state index < -0.39 is 0 Å². The van der Waals surface area contributed by atoms with Crippen molar-refractivity contribution < 1.29 is 9.53 Å². The lowest BCUT2D eigenvalue weighted by molar-refractivity contribution is 0.0363. The monoisotopic (exact) mass is 565 g/mol. The number of rotatable bonds is 24. The van der Waals surface area contributed by atoms with Crippen LogP contribution in [0.25, 0.3) is 0 Å². The number of nitrogens with one attached hydrogen (secondary N) is 1. The van der Waals surface area contributed by atoms with Crippen LogP contribution >= 0.6 is 0 Å². The van der Waals surface area contributed by atoms with E-state index in [-0.39, 0.29) is 6.03 Å². The number of amides is 2. The number of carbonyl (C=O) groups excluding carboxylic acids is 1. The predicted molar refractivity (Wildman–Crippen MR) is 171 cm³/mol. The molecule has 0 spiro atoms. The molecule has 0 aromatic heterocycles. The van der Waals surface area contributed by atoms with Crippen LogP contribution in [0.2, 0.25) is 0 Å². The van der Waals surface area contributed by atoms with E-state index in [1.165, 1.54) is 109 Å². The predicted octanol–water partition coefficient (Wildman–Crippen LogP) is 7.86. The Labute approximate surface area is 249 Å². The minimum Gasteiger partial charge on any atom is -0.379 e. The maximum atomic E-state index is 13.2. The molecule has 1 N–H and O–H groups in total. The second-order valence-electron chi connectivity index (χ2n) is 12.7. The molecule has 0 aromatic carbocycles. The van der Waals surface area contributed by atoms with Crippen LogP contribution < -0.4 is 5.32 Å². The van der Waals surface area contributed by atoms with Gasteiger partial charge in [0.1, 0.15) is 0 Å². The van der Waals surface area contributed by atoms with Gasteiger partial charge in [-0.25, -0.2) is 4.79 Å². The van der Waals surface area contributed by atoms with Gasteiger partial charge in [-0.3, -0.25) is 4.90 Å². The van der Waals surface area contributed by atoms with Gasteiger partial charge in [0.05, 0.1) is 13.2 Å². The van der Waals surface area contributed by atoms with Gasteiger partial charge in [-0.05, 0) is 51.6 Å². The van der Waals surface area contributed by atoms with Crippen molar-refractivity contribution in [1.29, 1.82) is 0 Å². The van der Waals surface area contributed by atoms with Crippen molar-refractivity contribution in [1.82, 2.24) is 20.0 Å². The number of urea groups is 1. The largest absolute Gasteiger partial charge is 0.379 e. The molecule has 0 saturated carbocycles. The number of carbonyl (C=O) groups is 1. The van der Waals surface area contributed by atoms with Crippen LogP contribution in [0.15, 0.2) is 0 Å². The minimum absolute atomic E-state index is 0.240. The fourth-order valence-electron chi connectivity index (χ4n) is 6.42. The van der Waals surface area contributed by atoms with Crippen LogP contribution in [0.5, 0.6) is 0 Å². The summed E-state index contributed by atoms with van der Waals surface area (Å²) < 4.78 is 5.44. The van der Waals surface area contributed by atoms with E-state index in [2.05, 4.69) is 22.0 Å². The molecule has 2 rings (SSSR count). The molecule has 2 aliphatic rings. The second kappa shape index (κ2) is 24.7. The van der Waals surface area contributed by atoms with Crippen molar-refractivity contribution in [3.8, 4) is 0 Å². The van der Waals surface area contributed by atoms with Crippen LogP contribution in [0.1, 0.15) is 142 Å². The van der Waals surface area contributed by atoms with Crippen molar-refractivity contribution in [2.45, 2.75) is 148 Å². The normalized spacial score (nSPS) is 18.4. The van der Waals surface area contributed by atoms with Gasteiger partial charge < -0.3 is 19.9 Å². The number of morpholine rings is 1. The first kappa shape index (κ1) is 35.3. The van der Waals surface area contributed by atoms with Crippen LogP contribution in [-0.2, 0) is 4.74 Å². The smallest absolute Gasteiger partial charge is 0.319 e. The molecule has 1 unspecified atom stereocenters. The summed E-state index contributed by atoms with van der Waals surface area (Å²) in [7, 11) is 1.99. The van der Waals surface area contributed by atoms with Crippen molar-refractivity contribution in [3.63, 3.8) is 0 Å². The Balaban J connectivity index is 1.39. The number of piperidine rings is 1. The van der Waals surface area contributed by atoms with Crippen LogP contribution in [0.4, 0.5) is 4.79 Å². The molecule has 2 fully saturated rings. The van der Waals surface area contributed by atoms with Crippen LogP contribution in [-0.4, -0.2) is 92.8 Å². The van der Waals surface area contributed by atoms with Crippen molar-refractivity contribution in [2.24, 2.45) is 0 Å². The lowest BCUT2D eigenvalue weighted by atomic mass is 9.99. The highest BCUT2D eigenvalue weighted by Crippen LogP contribution is 2.21. The van der Waals surface area contributed by atoms with Gasteiger partial charge in [-0.15, -0.1) is 0 Å². The Hall–Kier alpha value is -0.850. The number of unbranched alkanes of at least 4 members (excludes halogenated alkanes) is 15. The van der Waals surface area contributed by atoms with Gasteiger partial charge in [-0.1, -0.05) is 103 Å². The molecule has 6 nitrogen and oxygen atoms in total. The van der Waals surface area contributed by atoms with Gasteiger partial charge in [0.25, 0.3) is 0 Å². The number of hydrogen-bond acceptors (Lipinski definition) is 4. The maximum Gasteiger partial charge on any atom is 0.319 e. The molecule has 2 amide bonds. The molecule has 236 valence electrons. The lowest BCUT2D eigenvalue weighted by Gasteiger charge is -2.38. The number of hydrogen-bond donors (Lipinski definition) is 1. The molecular weight excluding hydrogens is 496 g/mol. The summed E-state index contributed by atoms with van der Waals surface area (Å²) in [4.78, 5) is 19.8. The Morgan fingerprint density at radius 1 is 0.750 bits per heavy atom. The third-order valence-corrected chi connectivity index (χ3v) is 9.13. The second-order valence-corrected chi connectivity index (χ2v) is 12.7. The van der Waals surface area contributed by atoms with Crippen molar-refractivity contribution in [3.05, 3.63) is 0 Å². The zero-order valence-corrected chi connectivity index (χ0v) is 26.9. The van der Waals surface area contributed by atoms with E-state index in [4.69, 9.17) is 4.74 Å². The zero-order valence-electron chi connectivity index (χ0n) is 26.9. The molecule has 2 aliphatic heterocycles. The van der Waals surface area contributed by atoms with Crippen LogP contribution in [0.3, 0.4) is 0 Å². The molecule has 0 bridgehead atoms. The summed E-state index contributed by atoms with van der Waals surface area (Å²) >= 11 is 0. The van der Waals surface area contributed by atoms with E-state index in [1.807, 2.05) is 11.9 Å². The SMILES string of the molecule is CCCCCCCCCCCCCCCCCCNCCC1CCCCN1C(=O)N(C)CCCN1CCOCC1. The summed E-state index contributed by atoms with van der Waals surface area (Å²) in [6, 6.07) is 0.644. The fraction of sp³-hybridized carbons (Fsp3) is 0.971. The van der Waals surface area contributed by atoms with E-state index >= 15 is 0 Å². The summed E-state index contributed by atoms with van der Waals surface area (Å²) in [6.07, 6.45) is 28.4. The lowest BCUT2D eigenvalue weighted by Crippen LogP contribution is -2.50. The molecule has 40 heavy (non-hydrogen) atoms. The Bertz CT molecular complexity index is 584. The van der Waals surface area contributed by atoms with Gasteiger partial charge in [0, 0.05) is 45.8 Å². The summed E-state index contributed by atoms with van der Waals surface area (Å²) in [5.74, 6) is 0. The quantitative estimate of drug-likeness (QED) is 0.121. The Morgan fingerprint density at radius 2 is 1.32 bits per heavy atom. The maximum absolute atomic E-state index is 13.2. The highest BCUT2D eigenvalue weighted by atomic mass is 16.5. The summed E-state index contributed by atoms with van der Waals surface area (Å²) in [6.45, 7) is 11.0. The molecule has 1 atom stereocenters. The molecule has 6 heteroatoms. The van der Waals surface area contributed by atoms with Gasteiger partial charge in [-0.2, -0.15) is 0 Å². The highest BCUT2D eigenvalue weighted by Gasteiger charge is 2.28. The van der Waals surface area contributed by atoms with Crippen molar-refractivity contribution >= 4 is 6.03 Å². The van der Waals surface area contributed by atoms with E-state index in [1.54, 1.807) is 0 Å². The minimum atomic E-state index is 0.240. The Morgan fingerprint density at radius 3 is 1.93 bits per heavy atom. The standard InChI is InChI=1S/C34H68N4O2/c1-3-4-5-6-7-8-9-10-11-12-13-14-15-16-17-19-24-35-25-23-33-22-18-20-28-38(33)34(39)36(2)26-21-27-37-29-31-40-32-30-37/h33,35H,3-32H2,1-2H3. The van der Waals surface area contributed by atoms with Gasteiger partial charge in [0.15, 0.2) is 0 Å². The van der Waals surface area contributed by atoms with E-state index in [0.29, 0.717) is 6.04 Å². The summed E-state index contributed by atoms with van der Waals surface area (Å²) in [5.41, 5.74) is 0. The third kappa shape index (κ3) is 17.2. The Kier molecular flexibility index (Phi) is 21.8. The number of nitrogens with zero attached hydrogens (tertiary/aromatic N) is 3. The molecule has 0 radical (unpaired) electrons. The number of ether oxygens (including phenoxy) is 1. The van der Waals surface area contributed by atoms with Gasteiger partial charge in [0.2, 0.25) is 0 Å². The van der Waals surface area contributed by atoms with Crippen LogP contribution in [0, 0.1) is 0 Å².